The molecule has 7 heteroatoms. The van der Waals surface area contributed by atoms with E-state index in [-0.39, 0.29) is 0 Å². The molecule has 3 N–H and O–H groups in total. The smallest absolute Gasteiger partial charge is 0.251 e. The average molecular weight is 259 g/mol. The molecule has 0 atom stereocenters. The Morgan fingerprint density at radius 2 is 2.28 bits per heavy atom. The Bertz CT molecular complexity index is 717. The molecule has 0 aliphatic carbocycles. The Hall–Kier alpha value is -2.41. The van der Waals surface area contributed by atoms with Gasteiger partial charge in [-0.3, -0.25) is 4.79 Å². The van der Waals surface area contributed by atoms with Crippen molar-refractivity contribution in [3.05, 3.63) is 41.5 Å². The van der Waals surface area contributed by atoms with E-state index < -0.39 is 5.91 Å². The van der Waals surface area contributed by atoms with Crippen molar-refractivity contribution < 1.29 is 4.79 Å². The van der Waals surface area contributed by atoms with Gasteiger partial charge in [-0.2, -0.15) is 0 Å². The molecule has 0 fully saturated rings. The minimum Gasteiger partial charge on any atom is -0.366 e. The summed E-state index contributed by atoms with van der Waals surface area (Å²) >= 11 is 1.40. The van der Waals surface area contributed by atoms with Crippen LogP contribution in [0.15, 0.2) is 36.0 Å². The zero-order chi connectivity index (χ0) is 12.5. The second kappa shape index (κ2) is 4.11. The maximum absolute atomic E-state index is 11.2. The van der Waals surface area contributed by atoms with E-state index in [2.05, 4.69) is 15.4 Å². The van der Waals surface area contributed by atoms with Crippen LogP contribution < -0.4 is 11.1 Å². The summed E-state index contributed by atoms with van der Waals surface area (Å²) in [6, 6.07) is 5.32. The second-order valence-electron chi connectivity index (χ2n) is 3.60. The highest BCUT2D eigenvalue weighted by molar-refractivity contribution is 7.14. The molecular weight excluding hydrogens is 250 g/mol. The van der Waals surface area contributed by atoms with Crippen LogP contribution >= 0.6 is 11.3 Å². The number of nitrogens with two attached hydrogens (primary N) is 1. The minimum atomic E-state index is -0.456. The summed E-state index contributed by atoms with van der Waals surface area (Å²) in [7, 11) is 0. The van der Waals surface area contributed by atoms with Crippen LogP contribution in [-0.2, 0) is 0 Å². The Labute approximate surface area is 106 Å². The first-order valence-electron chi connectivity index (χ1n) is 5.19. The highest BCUT2D eigenvalue weighted by Gasteiger charge is 2.10. The first-order valence-corrected chi connectivity index (χ1v) is 6.07. The van der Waals surface area contributed by atoms with Crippen molar-refractivity contribution in [3.63, 3.8) is 0 Å². The Balaban J connectivity index is 1.95. The van der Waals surface area contributed by atoms with Crippen molar-refractivity contribution in [2.24, 2.45) is 5.73 Å². The first-order chi connectivity index (χ1) is 8.74. The number of nitrogens with zero attached hydrogens (tertiary/aromatic N) is 3. The molecule has 0 aliphatic rings. The number of hydrogen-bond donors (Lipinski definition) is 2. The summed E-state index contributed by atoms with van der Waals surface area (Å²) < 4.78 is 1.65. The molecule has 0 saturated carbocycles. The average Bonchev–Trinajstić information content (AvgIpc) is 2.96. The lowest BCUT2D eigenvalue weighted by Gasteiger charge is -2.04. The van der Waals surface area contributed by atoms with Crippen LogP contribution in [0.25, 0.3) is 5.65 Å². The number of hydrogen-bond acceptors (Lipinski definition) is 5. The topological polar surface area (TPSA) is 85.3 Å². The molecule has 18 heavy (non-hydrogen) atoms. The van der Waals surface area contributed by atoms with Gasteiger partial charge >= 0.3 is 0 Å². The molecule has 3 aromatic rings. The fourth-order valence-corrected chi connectivity index (χ4v) is 2.40. The van der Waals surface area contributed by atoms with Crippen molar-refractivity contribution in [1.82, 2.24) is 14.6 Å². The van der Waals surface area contributed by atoms with Crippen molar-refractivity contribution >= 4 is 33.7 Å². The number of anilines is 2. The van der Waals surface area contributed by atoms with Crippen LogP contribution in [0, 0.1) is 0 Å². The second-order valence-corrected chi connectivity index (χ2v) is 4.52. The predicted octanol–water partition coefficient (Wildman–Crippen LogP) is 1.63. The fraction of sp³-hybridized carbons (Fsp3) is 0. The van der Waals surface area contributed by atoms with E-state index in [0.717, 1.165) is 5.65 Å². The number of carbonyl (C=O) groups excluding carboxylic acids is 1. The quantitative estimate of drug-likeness (QED) is 0.748. The van der Waals surface area contributed by atoms with Crippen LogP contribution in [0.1, 0.15) is 10.4 Å². The lowest BCUT2D eigenvalue weighted by molar-refractivity contribution is 0.100. The van der Waals surface area contributed by atoms with Crippen LogP contribution in [0.4, 0.5) is 10.8 Å². The third-order valence-corrected chi connectivity index (χ3v) is 3.26. The molecule has 3 rings (SSSR count). The lowest BCUT2D eigenvalue weighted by Crippen LogP contribution is -2.11. The zero-order valence-electron chi connectivity index (χ0n) is 9.20. The molecule has 0 saturated heterocycles. The molecule has 0 aliphatic heterocycles. The molecule has 0 bridgehead atoms. The normalized spacial score (nSPS) is 10.7. The van der Waals surface area contributed by atoms with Gasteiger partial charge in [-0.1, -0.05) is 0 Å². The number of carbonyl (C=O) groups is 1. The predicted molar refractivity (Wildman–Crippen MR) is 69.1 cm³/mol. The van der Waals surface area contributed by atoms with Gasteiger partial charge in [0.15, 0.2) is 11.5 Å². The van der Waals surface area contributed by atoms with E-state index in [4.69, 9.17) is 5.73 Å². The van der Waals surface area contributed by atoms with Crippen LogP contribution in [0.5, 0.6) is 0 Å². The Morgan fingerprint density at radius 1 is 1.39 bits per heavy atom. The van der Waals surface area contributed by atoms with E-state index in [1.165, 1.54) is 11.3 Å². The minimum absolute atomic E-state index is 0.456. The van der Waals surface area contributed by atoms with Gasteiger partial charge in [-0.25, -0.2) is 9.50 Å². The first kappa shape index (κ1) is 10.7. The molecule has 1 amide bonds. The van der Waals surface area contributed by atoms with E-state index >= 15 is 0 Å². The number of amides is 1. The molecule has 0 spiro atoms. The summed E-state index contributed by atoms with van der Waals surface area (Å²) in [5.41, 5.74) is 6.51. The van der Waals surface area contributed by atoms with Gasteiger partial charge in [-0.05, 0) is 23.6 Å². The Kier molecular flexibility index (Phi) is 2.45. The van der Waals surface area contributed by atoms with E-state index in [9.17, 15) is 4.79 Å². The number of thiophene rings is 1. The van der Waals surface area contributed by atoms with Crippen molar-refractivity contribution in [1.29, 1.82) is 0 Å². The van der Waals surface area contributed by atoms with Gasteiger partial charge in [0.05, 0.1) is 5.56 Å². The van der Waals surface area contributed by atoms with E-state index in [0.29, 0.717) is 16.4 Å². The van der Waals surface area contributed by atoms with Crippen molar-refractivity contribution in [2.75, 3.05) is 5.32 Å². The molecule has 0 radical (unpaired) electrons. The largest absolute Gasteiger partial charge is 0.366 e. The maximum Gasteiger partial charge on any atom is 0.251 e. The molecule has 90 valence electrons. The number of primary amides is 1. The maximum atomic E-state index is 11.2. The van der Waals surface area contributed by atoms with E-state index in [1.54, 1.807) is 34.4 Å². The molecule has 0 unspecified atom stereocenters. The summed E-state index contributed by atoms with van der Waals surface area (Å²) in [4.78, 5) is 15.3. The van der Waals surface area contributed by atoms with Gasteiger partial charge < -0.3 is 11.1 Å². The van der Waals surface area contributed by atoms with E-state index in [1.807, 2.05) is 6.07 Å². The molecule has 3 heterocycles. The standard InChI is InChI=1S/C11H9N5OS/c12-10(17)7-3-6-18-11(7)14-8-1-2-9-13-4-5-16(9)15-8/h1-6H,(H2,12,17)(H,14,15). The van der Waals surface area contributed by atoms with Crippen LogP contribution in [0.2, 0.25) is 0 Å². The molecule has 6 nitrogen and oxygen atoms in total. The number of nitrogens with one attached hydrogen (secondary N) is 1. The highest BCUT2D eigenvalue weighted by Crippen LogP contribution is 2.25. The number of aromatic nitrogens is 3. The van der Waals surface area contributed by atoms with Gasteiger partial charge in [0, 0.05) is 12.4 Å². The number of rotatable bonds is 3. The fourth-order valence-electron chi connectivity index (χ4n) is 1.60. The van der Waals surface area contributed by atoms with Crippen LogP contribution in [0.3, 0.4) is 0 Å². The summed E-state index contributed by atoms with van der Waals surface area (Å²) in [6.07, 6.45) is 3.43. The lowest BCUT2D eigenvalue weighted by atomic mass is 10.3. The van der Waals surface area contributed by atoms with Crippen LogP contribution in [-0.4, -0.2) is 20.5 Å². The third kappa shape index (κ3) is 1.80. The summed E-state index contributed by atoms with van der Waals surface area (Å²) in [5.74, 6) is 0.174. The molecular formula is C11H9N5OS. The monoisotopic (exact) mass is 259 g/mol. The Morgan fingerprint density at radius 3 is 3.11 bits per heavy atom. The SMILES string of the molecule is NC(=O)c1ccsc1Nc1ccc2nccn2n1. The summed E-state index contributed by atoms with van der Waals surface area (Å²) in [5, 5.41) is 9.87. The summed E-state index contributed by atoms with van der Waals surface area (Å²) in [6.45, 7) is 0. The highest BCUT2D eigenvalue weighted by atomic mass is 32.1. The third-order valence-electron chi connectivity index (χ3n) is 2.43. The van der Waals surface area contributed by atoms with Gasteiger partial charge in [0.2, 0.25) is 0 Å². The number of fused-ring (bicyclic) bond motifs is 1. The zero-order valence-corrected chi connectivity index (χ0v) is 10.0. The van der Waals surface area contributed by atoms with Gasteiger partial charge in [0.1, 0.15) is 5.00 Å². The number of imidazole rings is 1. The van der Waals surface area contributed by atoms with Gasteiger partial charge in [0.25, 0.3) is 5.91 Å². The van der Waals surface area contributed by atoms with Crippen molar-refractivity contribution in [2.45, 2.75) is 0 Å². The molecule has 3 aromatic heterocycles. The van der Waals surface area contributed by atoms with Gasteiger partial charge in [-0.15, -0.1) is 16.4 Å². The van der Waals surface area contributed by atoms with Crippen molar-refractivity contribution in [3.8, 4) is 0 Å². The molecule has 0 aromatic carbocycles.